The second-order valence-corrected chi connectivity index (χ2v) is 8.38. The summed E-state index contributed by atoms with van der Waals surface area (Å²) in [5.74, 6) is 0.886. The molecule has 2 aromatic carbocycles. The highest BCUT2D eigenvalue weighted by Crippen LogP contribution is 2.37. The van der Waals surface area contributed by atoms with Gasteiger partial charge in [-0.05, 0) is 68.9 Å². The fourth-order valence-corrected chi connectivity index (χ4v) is 3.80. The molecule has 0 radical (unpaired) electrons. The Hall–Kier alpha value is -3.81. The number of alkyl carbamates (subject to hydrolysis) is 1. The maximum Gasteiger partial charge on any atom is 0.407 e. The number of nitrogens with one attached hydrogen (secondary N) is 1. The van der Waals surface area contributed by atoms with Crippen LogP contribution in [0.5, 0.6) is 5.75 Å². The quantitative estimate of drug-likeness (QED) is 0.411. The smallest absolute Gasteiger partial charge is 0.407 e. The van der Waals surface area contributed by atoms with Crippen molar-refractivity contribution in [1.29, 1.82) is 0 Å². The maximum absolute atomic E-state index is 12.1. The van der Waals surface area contributed by atoms with Gasteiger partial charge in [0.2, 0.25) is 11.5 Å². The largest absolute Gasteiger partial charge is 0.478 e. The van der Waals surface area contributed by atoms with Crippen LogP contribution in [-0.2, 0) is 22.5 Å². The van der Waals surface area contributed by atoms with E-state index in [2.05, 4.69) is 10.3 Å². The summed E-state index contributed by atoms with van der Waals surface area (Å²) in [6.45, 7) is 2.38. The maximum atomic E-state index is 12.1. The lowest BCUT2D eigenvalue weighted by molar-refractivity contribution is -0.163. The lowest BCUT2D eigenvalue weighted by Crippen LogP contribution is -2.50. The number of aliphatic carboxylic acids is 1. The van der Waals surface area contributed by atoms with Crippen LogP contribution in [0.4, 0.5) is 4.79 Å². The summed E-state index contributed by atoms with van der Waals surface area (Å²) in [6, 6.07) is 16.8. The summed E-state index contributed by atoms with van der Waals surface area (Å²) in [4.78, 5) is 28.1. The molecule has 178 valence electrons. The normalized spacial score (nSPS) is 14.1. The molecule has 1 amide bonds. The zero-order chi connectivity index (χ0) is 24.0. The van der Waals surface area contributed by atoms with E-state index in [1.807, 2.05) is 43.3 Å². The third-order valence-corrected chi connectivity index (χ3v) is 5.90. The minimum Gasteiger partial charge on any atom is -0.478 e. The van der Waals surface area contributed by atoms with E-state index >= 15 is 0 Å². The highest BCUT2D eigenvalue weighted by atomic mass is 16.5. The van der Waals surface area contributed by atoms with Crippen molar-refractivity contribution in [2.45, 2.75) is 51.2 Å². The molecule has 0 aliphatic heterocycles. The Morgan fingerprint density at radius 3 is 2.65 bits per heavy atom. The van der Waals surface area contributed by atoms with Gasteiger partial charge in [0.15, 0.2) is 0 Å². The predicted octanol–water partition coefficient (Wildman–Crippen LogP) is 4.90. The van der Waals surface area contributed by atoms with Gasteiger partial charge < -0.3 is 24.3 Å². The standard InChI is InChI=1S/C26H28N2O6/c1-18-22(28-23(33-18)20-9-3-2-4-10-20)12-6-15-32-25(31)27-17-19-8-5-11-21(16-19)34-26(24(29)30)13-7-14-26/h2-5,8-11,16H,6-7,12-15,17H2,1H3,(H,27,31)(H,29,30). The molecule has 1 aromatic heterocycles. The van der Waals surface area contributed by atoms with E-state index in [0.717, 1.165) is 29.0 Å². The SMILES string of the molecule is Cc1oc(-c2ccccc2)nc1CCCOC(=O)NCc1cccc(OC2(C(=O)O)CCC2)c1. The summed E-state index contributed by atoms with van der Waals surface area (Å²) < 4.78 is 16.8. The van der Waals surface area contributed by atoms with Gasteiger partial charge in [-0.1, -0.05) is 30.3 Å². The van der Waals surface area contributed by atoms with Crippen LogP contribution in [0, 0.1) is 6.92 Å². The first kappa shape index (κ1) is 23.4. The van der Waals surface area contributed by atoms with Crippen molar-refractivity contribution in [2.75, 3.05) is 6.61 Å². The molecule has 0 unspecified atom stereocenters. The topological polar surface area (TPSA) is 111 Å². The summed E-state index contributed by atoms with van der Waals surface area (Å²) in [5.41, 5.74) is 1.44. The molecule has 1 aliphatic carbocycles. The first-order chi connectivity index (χ1) is 16.4. The number of hydrogen-bond donors (Lipinski definition) is 2. The molecule has 0 atom stereocenters. The van der Waals surface area contributed by atoms with Crippen molar-refractivity contribution < 1.29 is 28.6 Å². The zero-order valence-corrected chi connectivity index (χ0v) is 19.1. The van der Waals surface area contributed by atoms with E-state index in [4.69, 9.17) is 13.9 Å². The van der Waals surface area contributed by atoms with E-state index < -0.39 is 17.7 Å². The van der Waals surface area contributed by atoms with Crippen LogP contribution < -0.4 is 10.1 Å². The number of aryl methyl sites for hydroxylation is 2. The molecule has 0 saturated heterocycles. The number of nitrogens with zero attached hydrogens (tertiary/aromatic N) is 1. The summed E-state index contributed by atoms with van der Waals surface area (Å²) in [7, 11) is 0. The van der Waals surface area contributed by atoms with Gasteiger partial charge in [-0.25, -0.2) is 14.6 Å². The van der Waals surface area contributed by atoms with Gasteiger partial charge >= 0.3 is 12.1 Å². The molecule has 3 aromatic rings. The van der Waals surface area contributed by atoms with Crippen molar-refractivity contribution in [3.05, 3.63) is 71.6 Å². The first-order valence-corrected chi connectivity index (χ1v) is 11.4. The predicted molar refractivity (Wildman–Crippen MR) is 124 cm³/mol. The third kappa shape index (κ3) is 5.57. The number of carboxylic acid groups (broad SMARTS) is 1. The summed E-state index contributed by atoms with van der Waals surface area (Å²) >= 11 is 0. The number of carboxylic acids is 1. The summed E-state index contributed by atoms with van der Waals surface area (Å²) in [6.07, 6.45) is 2.57. The Balaban J connectivity index is 1.20. The van der Waals surface area contributed by atoms with Gasteiger partial charge in [0.1, 0.15) is 11.5 Å². The van der Waals surface area contributed by atoms with Crippen LogP contribution in [0.2, 0.25) is 0 Å². The number of amides is 1. The first-order valence-electron chi connectivity index (χ1n) is 11.4. The Morgan fingerprint density at radius 1 is 1.15 bits per heavy atom. The van der Waals surface area contributed by atoms with Gasteiger partial charge in [-0.15, -0.1) is 0 Å². The molecule has 2 N–H and O–H groups in total. The van der Waals surface area contributed by atoms with Crippen molar-refractivity contribution >= 4 is 12.1 Å². The Bertz CT molecular complexity index is 1140. The number of carbonyl (C=O) groups is 2. The second kappa shape index (κ2) is 10.4. The van der Waals surface area contributed by atoms with E-state index in [9.17, 15) is 14.7 Å². The zero-order valence-electron chi connectivity index (χ0n) is 19.1. The van der Waals surface area contributed by atoms with Gasteiger partial charge in [0.05, 0.1) is 12.3 Å². The number of rotatable bonds is 10. The average molecular weight is 465 g/mol. The highest BCUT2D eigenvalue weighted by molar-refractivity contribution is 5.79. The molecule has 1 saturated carbocycles. The molecule has 8 nitrogen and oxygen atoms in total. The second-order valence-electron chi connectivity index (χ2n) is 8.38. The van der Waals surface area contributed by atoms with Crippen molar-refractivity contribution in [3.63, 3.8) is 0 Å². The minimum atomic E-state index is -1.13. The lowest BCUT2D eigenvalue weighted by Gasteiger charge is -2.37. The number of aromatic nitrogens is 1. The van der Waals surface area contributed by atoms with E-state index in [1.165, 1.54) is 0 Å². The molecule has 1 fully saturated rings. The average Bonchev–Trinajstić information content (AvgIpc) is 3.19. The molecule has 34 heavy (non-hydrogen) atoms. The van der Waals surface area contributed by atoms with Crippen LogP contribution in [-0.4, -0.2) is 34.4 Å². The Labute approximate surface area is 197 Å². The molecular formula is C26H28N2O6. The number of ether oxygens (including phenoxy) is 2. The van der Waals surface area contributed by atoms with Gasteiger partial charge in [-0.2, -0.15) is 0 Å². The van der Waals surface area contributed by atoms with Crippen molar-refractivity contribution in [3.8, 4) is 17.2 Å². The van der Waals surface area contributed by atoms with Gasteiger partial charge in [-0.3, -0.25) is 0 Å². The highest BCUT2D eigenvalue weighted by Gasteiger charge is 2.47. The molecule has 1 heterocycles. The van der Waals surface area contributed by atoms with E-state index in [1.54, 1.807) is 18.2 Å². The van der Waals surface area contributed by atoms with Crippen LogP contribution in [0.1, 0.15) is 42.7 Å². The summed E-state index contributed by atoms with van der Waals surface area (Å²) in [5, 5.41) is 12.1. The van der Waals surface area contributed by atoms with Crippen LogP contribution >= 0.6 is 0 Å². The molecule has 8 heteroatoms. The number of oxazole rings is 1. The van der Waals surface area contributed by atoms with Gasteiger partial charge in [0, 0.05) is 12.1 Å². The fraction of sp³-hybridized carbons (Fsp3) is 0.346. The van der Waals surface area contributed by atoms with E-state index in [0.29, 0.717) is 37.3 Å². The van der Waals surface area contributed by atoms with Crippen molar-refractivity contribution in [1.82, 2.24) is 10.3 Å². The molecule has 4 rings (SSSR count). The van der Waals surface area contributed by atoms with Crippen LogP contribution in [0.3, 0.4) is 0 Å². The Morgan fingerprint density at radius 2 is 1.94 bits per heavy atom. The molecular weight excluding hydrogens is 436 g/mol. The molecule has 0 spiro atoms. The van der Waals surface area contributed by atoms with Crippen molar-refractivity contribution in [2.24, 2.45) is 0 Å². The number of hydrogen-bond acceptors (Lipinski definition) is 6. The third-order valence-electron chi connectivity index (χ3n) is 5.90. The molecule has 1 aliphatic rings. The fourth-order valence-electron chi connectivity index (χ4n) is 3.80. The lowest BCUT2D eigenvalue weighted by atomic mass is 9.80. The monoisotopic (exact) mass is 464 g/mol. The van der Waals surface area contributed by atoms with Crippen LogP contribution in [0.25, 0.3) is 11.5 Å². The van der Waals surface area contributed by atoms with E-state index in [-0.39, 0.29) is 13.2 Å². The van der Waals surface area contributed by atoms with Crippen LogP contribution in [0.15, 0.2) is 59.0 Å². The number of carbonyl (C=O) groups excluding carboxylic acids is 1. The minimum absolute atomic E-state index is 0.249. The molecule has 0 bridgehead atoms. The number of benzene rings is 2. The Kier molecular flexibility index (Phi) is 7.15. The van der Waals surface area contributed by atoms with Gasteiger partial charge in [0.25, 0.3) is 0 Å².